The van der Waals surface area contributed by atoms with Crippen molar-refractivity contribution in [1.82, 2.24) is 10.2 Å². The van der Waals surface area contributed by atoms with Crippen LogP contribution in [0.5, 0.6) is 0 Å². The molecule has 2 rings (SSSR count). The maximum Gasteiger partial charge on any atom is 0.251 e. The molecule has 1 aliphatic heterocycles. The molecule has 1 unspecified atom stereocenters. The Kier molecular flexibility index (Phi) is 4.84. The van der Waals surface area contributed by atoms with Crippen LogP contribution >= 0.6 is 0 Å². The zero-order valence-corrected chi connectivity index (χ0v) is 12.3. The molecule has 0 aliphatic carbocycles. The highest BCUT2D eigenvalue weighted by atomic mass is 16.1. The summed E-state index contributed by atoms with van der Waals surface area (Å²) in [5.74, 6) is -0.115. The molecule has 1 fully saturated rings. The van der Waals surface area contributed by atoms with Crippen molar-refractivity contribution in [3.8, 4) is 0 Å². The van der Waals surface area contributed by atoms with Gasteiger partial charge >= 0.3 is 0 Å². The SMILES string of the molecule is CNC(=O)c1ccc(NCC2CCCCN2C)c(N)c1. The Morgan fingerprint density at radius 1 is 1.45 bits per heavy atom. The van der Waals surface area contributed by atoms with Crippen LogP contribution in [0.1, 0.15) is 29.6 Å². The number of hydrogen-bond donors (Lipinski definition) is 3. The van der Waals surface area contributed by atoms with Gasteiger partial charge in [0.1, 0.15) is 0 Å². The van der Waals surface area contributed by atoms with Crippen LogP contribution in [0, 0.1) is 0 Å². The van der Waals surface area contributed by atoms with Crippen molar-refractivity contribution in [1.29, 1.82) is 0 Å². The third-order valence-electron chi connectivity index (χ3n) is 3.99. The molecule has 20 heavy (non-hydrogen) atoms. The van der Waals surface area contributed by atoms with Crippen LogP contribution in [0.15, 0.2) is 18.2 Å². The zero-order chi connectivity index (χ0) is 14.5. The van der Waals surface area contributed by atoms with Gasteiger partial charge in [0.05, 0.1) is 11.4 Å². The molecule has 1 amide bonds. The van der Waals surface area contributed by atoms with Crippen molar-refractivity contribution < 1.29 is 4.79 Å². The van der Waals surface area contributed by atoms with Gasteiger partial charge in [-0.1, -0.05) is 6.42 Å². The van der Waals surface area contributed by atoms with Gasteiger partial charge < -0.3 is 21.3 Å². The molecule has 1 aromatic carbocycles. The highest BCUT2D eigenvalue weighted by Gasteiger charge is 2.18. The summed E-state index contributed by atoms with van der Waals surface area (Å²) in [6, 6.07) is 5.94. The Balaban J connectivity index is 1.97. The molecule has 1 heterocycles. The smallest absolute Gasteiger partial charge is 0.251 e. The van der Waals surface area contributed by atoms with E-state index in [0.717, 1.165) is 18.8 Å². The van der Waals surface area contributed by atoms with Gasteiger partial charge in [0, 0.05) is 25.2 Å². The average molecular weight is 276 g/mol. The molecule has 1 aromatic rings. The third-order valence-corrected chi connectivity index (χ3v) is 3.99. The predicted octanol–water partition coefficient (Wildman–Crippen LogP) is 1.52. The number of rotatable bonds is 4. The Hall–Kier alpha value is -1.75. The molecular formula is C15H24N4O. The van der Waals surface area contributed by atoms with Gasteiger partial charge in [-0.3, -0.25) is 4.79 Å². The molecule has 4 N–H and O–H groups in total. The molecule has 1 atom stereocenters. The number of hydrogen-bond acceptors (Lipinski definition) is 4. The summed E-state index contributed by atoms with van der Waals surface area (Å²) in [6.07, 6.45) is 3.80. The van der Waals surface area contributed by atoms with E-state index in [1.54, 1.807) is 19.2 Å². The van der Waals surface area contributed by atoms with Crippen molar-refractivity contribution in [2.24, 2.45) is 0 Å². The largest absolute Gasteiger partial charge is 0.397 e. The van der Waals surface area contributed by atoms with Crippen LogP contribution in [0.3, 0.4) is 0 Å². The van der Waals surface area contributed by atoms with Crippen LogP contribution in [0.2, 0.25) is 0 Å². The van der Waals surface area contributed by atoms with Gasteiger partial charge in [0.2, 0.25) is 0 Å². The molecule has 5 nitrogen and oxygen atoms in total. The number of nitrogens with one attached hydrogen (secondary N) is 2. The van der Waals surface area contributed by atoms with E-state index in [4.69, 9.17) is 5.73 Å². The second kappa shape index (κ2) is 6.61. The molecule has 0 spiro atoms. The molecule has 110 valence electrons. The van der Waals surface area contributed by atoms with Crippen LogP contribution < -0.4 is 16.4 Å². The standard InChI is InChI=1S/C15H24N4O/c1-17-15(20)11-6-7-14(13(16)9-11)18-10-12-5-3-4-8-19(12)2/h6-7,9,12,18H,3-5,8,10,16H2,1-2H3,(H,17,20). The van der Waals surface area contributed by atoms with Crippen LogP contribution in [0.25, 0.3) is 0 Å². The number of nitrogen functional groups attached to an aromatic ring is 1. The molecule has 1 aliphatic rings. The fourth-order valence-electron chi connectivity index (χ4n) is 2.64. The number of anilines is 2. The minimum Gasteiger partial charge on any atom is -0.397 e. The zero-order valence-electron chi connectivity index (χ0n) is 12.3. The number of carbonyl (C=O) groups is 1. The van der Waals surface area contributed by atoms with Gasteiger partial charge in [-0.15, -0.1) is 0 Å². The lowest BCUT2D eigenvalue weighted by Crippen LogP contribution is -2.40. The average Bonchev–Trinajstić information content (AvgIpc) is 2.46. The van der Waals surface area contributed by atoms with Crippen LogP contribution in [0.4, 0.5) is 11.4 Å². The number of nitrogens with zero attached hydrogens (tertiary/aromatic N) is 1. The molecule has 1 saturated heterocycles. The van der Waals surface area contributed by atoms with E-state index >= 15 is 0 Å². The fraction of sp³-hybridized carbons (Fsp3) is 0.533. The molecule has 0 radical (unpaired) electrons. The van der Waals surface area contributed by atoms with Crippen molar-refractivity contribution in [2.45, 2.75) is 25.3 Å². The summed E-state index contributed by atoms with van der Waals surface area (Å²) in [7, 11) is 3.78. The van der Waals surface area contributed by atoms with E-state index < -0.39 is 0 Å². The first-order valence-corrected chi connectivity index (χ1v) is 7.17. The quantitative estimate of drug-likeness (QED) is 0.729. The highest BCUT2D eigenvalue weighted by Crippen LogP contribution is 2.21. The summed E-state index contributed by atoms with van der Waals surface area (Å²) in [5, 5.41) is 5.99. The fourth-order valence-corrected chi connectivity index (χ4v) is 2.64. The third kappa shape index (κ3) is 3.42. The van der Waals surface area contributed by atoms with E-state index in [0.29, 0.717) is 17.3 Å². The van der Waals surface area contributed by atoms with Gasteiger partial charge in [0.25, 0.3) is 5.91 Å². The van der Waals surface area contributed by atoms with E-state index in [-0.39, 0.29) is 5.91 Å². The lowest BCUT2D eigenvalue weighted by molar-refractivity contribution is 0.0963. The number of amides is 1. The Morgan fingerprint density at radius 2 is 2.25 bits per heavy atom. The number of nitrogens with two attached hydrogens (primary N) is 1. The van der Waals surface area contributed by atoms with Gasteiger partial charge in [-0.25, -0.2) is 0 Å². The number of likely N-dealkylation sites (tertiary alicyclic amines) is 1. The summed E-state index contributed by atoms with van der Waals surface area (Å²) in [4.78, 5) is 13.9. The summed E-state index contributed by atoms with van der Waals surface area (Å²) < 4.78 is 0. The summed E-state index contributed by atoms with van der Waals surface area (Å²) in [6.45, 7) is 2.05. The first-order valence-electron chi connectivity index (χ1n) is 7.17. The van der Waals surface area contributed by atoms with Gasteiger partial charge in [0.15, 0.2) is 0 Å². The lowest BCUT2D eigenvalue weighted by atomic mass is 10.0. The first kappa shape index (κ1) is 14.7. The monoisotopic (exact) mass is 276 g/mol. The predicted molar refractivity (Wildman–Crippen MR) is 83.0 cm³/mol. The molecular weight excluding hydrogens is 252 g/mol. The minimum absolute atomic E-state index is 0.115. The van der Waals surface area contributed by atoms with Crippen molar-refractivity contribution in [3.05, 3.63) is 23.8 Å². The van der Waals surface area contributed by atoms with Crippen molar-refractivity contribution in [2.75, 3.05) is 38.2 Å². The topological polar surface area (TPSA) is 70.4 Å². The van der Waals surface area contributed by atoms with E-state index in [1.807, 2.05) is 6.07 Å². The maximum absolute atomic E-state index is 11.5. The second-order valence-electron chi connectivity index (χ2n) is 5.39. The van der Waals surface area contributed by atoms with Crippen molar-refractivity contribution >= 4 is 17.3 Å². The Bertz CT molecular complexity index is 475. The number of piperidine rings is 1. The number of likely N-dealkylation sites (N-methyl/N-ethyl adjacent to an activating group) is 1. The Labute approximate surface area is 120 Å². The lowest BCUT2D eigenvalue weighted by Gasteiger charge is -2.32. The second-order valence-corrected chi connectivity index (χ2v) is 5.39. The van der Waals surface area contributed by atoms with Crippen LogP contribution in [-0.4, -0.2) is 44.0 Å². The Morgan fingerprint density at radius 3 is 2.90 bits per heavy atom. The molecule has 0 bridgehead atoms. The summed E-state index contributed by atoms with van der Waals surface area (Å²) in [5.41, 5.74) is 8.11. The van der Waals surface area contributed by atoms with E-state index in [1.165, 1.54) is 19.3 Å². The minimum atomic E-state index is -0.115. The molecule has 5 heteroatoms. The normalized spacial score (nSPS) is 19.6. The van der Waals surface area contributed by atoms with E-state index in [9.17, 15) is 4.79 Å². The van der Waals surface area contributed by atoms with Crippen LogP contribution in [-0.2, 0) is 0 Å². The van der Waals surface area contributed by atoms with Gasteiger partial charge in [-0.05, 0) is 44.6 Å². The highest BCUT2D eigenvalue weighted by molar-refractivity contribution is 5.95. The van der Waals surface area contributed by atoms with E-state index in [2.05, 4.69) is 22.6 Å². The van der Waals surface area contributed by atoms with Gasteiger partial charge in [-0.2, -0.15) is 0 Å². The number of benzene rings is 1. The maximum atomic E-state index is 11.5. The molecule has 0 saturated carbocycles. The van der Waals surface area contributed by atoms with Crippen molar-refractivity contribution in [3.63, 3.8) is 0 Å². The first-order chi connectivity index (χ1) is 9.61. The summed E-state index contributed by atoms with van der Waals surface area (Å²) >= 11 is 0. The number of carbonyl (C=O) groups excluding carboxylic acids is 1. The molecule has 0 aromatic heterocycles.